The Morgan fingerprint density at radius 2 is 0.452 bits per heavy atom. The lowest BCUT2D eigenvalue weighted by atomic mass is 9.82. The zero-order chi connectivity index (χ0) is 63.5. The van der Waals surface area contributed by atoms with Crippen LogP contribution in [0.5, 0.6) is 0 Å². The highest BCUT2D eigenvalue weighted by atomic mass is 15.0. The highest BCUT2D eigenvalue weighted by Crippen LogP contribution is 2.50. The number of hydrogen-bond donors (Lipinski definition) is 0. The fourth-order valence-electron chi connectivity index (χ4n) is 14.9. The van der Waals surface area contributed by atoms with Crippen LogP contribution in [0.15, 0.2) is 273 Å². The van der Waals surface area contributed by atoms with Crippen LogP contribution in [0.1, 0.15) is 95.7 Å². The maximum Gasteiger partial charge on any atom is 0.213 e. The summed E-state index contributed by atoms with van der Waals surface area (Å²) in [4.78, 5) is 0. The fourth-order valence-corrected chi connectivity index (χ4v) is 14.9. The molecule has 0 aliphatic carbocycles. The molecule has 0 amide bonds. The van der Waals surface area contributed by atoms with Crippen LogP contribution in [0.25, 0.3) is 134 Å². The average molecular weight is 1200 g/mol. The van der Waals surface area contributed by atoms with Gasteiger partial charge in [-0.2, -0.15) is 13.7 Å². The van der Waals surface area contributed by atoms with Crippen LogP contribution in [-0.4, -0.2) is 0 Å². The van der Waals surface area contributed by atoms with E-state index in [4.69, 9.17) is 0 Å². The van der Waals surface area contributed by atoms with Gasteiger partial charge in [-0.15, -0.1) is 0 Å². The smallest absolute Gasteiger partial charge is 0.194 e. The molecular formula is C90H78N3+3. The van der Waals surface area contributed by atoms with Crippen molar-refractivity contribution >= 4 is 0 Å². The lowest BCUT2D eigenvalue weighted by molar-refractivity contribution is -0.672. The van der Waals surface area contributed by atoms with Gasteiger partial charge in [-0.25, -0.2) is 0 Å². The summed E-state index contributed by atoms with van der Waals surface area (Å²) >= 11 is 0. The van der Waals surface area contributed by atoms with E-state index in [1.165, 1.54) is 151 Å². The van der Waals surface area contributed by atoms with Gasteiger partial charge in [-0.05, 0) is 188 Å². The fraction of sp³-hybridized carbons (Fsp3) is 0.167. The number of aromatic nitrogens is 3. The Bertz CT molecular complexity index is 4620. The molecule has 93 heavy (non-hydrogen) atoms. The van der Waals surface area contributed by atoms with Crippen molar-refractivity contribution in [2.24, 2.45) is 0 Å². The van der Waals surface area contributed by atoms with Gasteiger partial charge < -0.3 is 0 Å². The summed E-state index contributed by atoms with van der Waals surface area (Å²) in [5, 5.41) is 0. The number of rotatable bonds is 9. The minimum Gasteiger partial charge on any atom is -0.194 e. The Hall–Kier alpha value is -10.4. The molecule has 3 aromatic heterocycles. The first-order chi connectivity index (χ1) is 45.0. The van der Waals surface area contributed by atoms with E-state index >= 15 is 0 Å². The predicted octanol–water partition coefficient (Wildman–Crippen LogP) is 21.5. The van der Waals surface area contributed by atoms with Gasteiger partial charge in [0.1, 0.15) is 0 Å². The van der Waals surface area contributed by atoms with Crippen LogP contribution in [-0.2, 0) is 35.9 Å². The molecule has 3 heteroatoms. The van der Waals surface area contributed by atoms with Crippen LogP contribution in [0.3, 0.4) is 0 Å². The molecule has 0 saturated carbocycles. The maximum absolute atomic E-state index is 2.51. The van der Waals surface area contributed by atoms with E-state index in [1.54, 1.807) is 0 Å². The highest BCUT2D eigenvalue weighted by Gasteiger charge is 2.35. The van der Waals surface area contributed by atoms with Gasteiger partial charge in [-0.1, -0.05) is 226 Å². The molecule has 16 rings (SSSR count). The van der Waals surface area contributed by atoms with Crippen molar-refractivity contribution in [3.63, 3.8) is 0 Å². The zero-order valence-electron chi connectivity index (χ0n) is 54.9. The highest BCUT2D eigenvalue weighted by molar-refractivity contribution is 6.01. The van der Waals surface area contributed by atoms with E-state index in [0.29, 0.717) is 0 Å². The molecule has 0 saturated heterocycles. The second-order valence-electron chi connectivity index (χ2n) is 29.2. The summed E-state index contributed by atoms with van der Waals surface area (Å²) in [6.45, 7) is 23.3. The summed E-state index contributed by atoms with van der Waals surface area (Å²) in [6.07, 6.45) is 6.89. The third-order valence-electron chi connectivity index (χ3n) is 20.1. The van der Waals surface area contributed by atoms with Crippen molar-refractivity contribution in [1.29, 1.82) is 0 Å². The van der Waals surface area contributed by atoms with Crippen molar-refractivity contribution in [2.75, 3.05) is 0 Å². The van der Waals surface area contributed by atoms with Crippen molar-refractivity contribution in [1.82, 2.24) is 0 Å². The number of pyridine rings is 3. The molecule has 0 spiro atoms. The molecule has 0 radical (unpaired) electrons. The topological polar surface area (TPSA) is 11.6 Å². The molecule has 13 aromatic rings. The summed E-state index contributed by atoms with van der Waals surface area (Å²) < 4.78 is 7.30. The number of nitrogens with zero attached hydrogens (tertiary/aromatic N) is 3. The summed E-state index contributed by atoms with van der Waals surface area (Å²) in [6, 6.07) is 97.3. The van der Waals surface area contributed by atoms with Gasteiger partial charge in [0.15, 0.2) is 38.2 Å². The third kappa shape index (κ3) is 10.4. The van der Waals surface area contributed by atoms with Crippen LogP contribution >= 0.6 is 0 Å². The van der Waals surface area contributed by atoms with Crippen molar-refractivity contribution < 1.29 is 13.7 Å². The van der Waals surface area contributed by atoms with E-state index in [9.17, 15) is 0 Å². The summed E-state index contributed by atoms with van der Waals surface area (Å²) in [5.41, 5.74) is 37.4. The van der Waals surface area contributed by atoms with Crippen molar-refractivity contribution in [3.05, 3.63) is 307 Å². The van der Waals surface area contributed by atoms with Gasteiger partial charge in [0.05, 0.1) is 16.7 Å². The van der Waals surface area contributed by atoms with Crippen LogP contribution < -0.4 is 13.7 Å². The number of hydrogen-bond acceptors (Lipinski definition) is 0. The van der Waals surface area contributed by atoms with Crippen LogP contribution in [0.4, 0.5) is 0 Å². The standard InChI is InChI=1S/C90H78N3/c1-88(2,3)67-37-40-91-55-64-46-82(76(52-79(64)85(91)49-67)58-25-13-10-14-26-58)73-34-22-19-31-70(73)61-43-62(71-32-20-23-35-74(71)83-47-65-56-92-41-38-68(89(4,5)6)50-86(92)80(65)53-77(83)59-27-15-11-16-28-59)45-63(44-61)72-33-21-24-36-75(72)84-48-66-57-93-42-39-69(90(7,8)9)51-87(93)81(66)54-78(84)60-29-17-12-18-30-60/h10-54H,55-57H2,1-9H3/q+3. The minimum atomic E-state index is 0.0233. The first kappa shape index (κ1) is 57.8. The molecule has 6 heterocycles. The molecule has 3 nitrogen and oxygen atoms in total. The Balaban J connectivity index is 0.929. The molecule has 0 bridgehead atoms. The lowest BCUT2D eigenvalue weighted by Crippen LogP contribution is -2.32. The molecule has 0 fully saturated rings. The van der Waals surface area contributed by atoms with Crippen molar-refractivity contribution in [3.8, 4) is 134 Å². The van der Waals surface area contributed by atoms with Gasteiger partial charge in [-0.3, -0.25) is 0 Å². The molecule has 450 valence electrons. The quantitative estimate of drug-likeness (QED) is 0.128. The first-order valence-electron chi connectivity index (χ1n) is 33.2. The molecular weight excluding hydrogens is 1120 g/mol. The van der Waals surface area contributed by atoms with E-state index < -0.39 is 0 Å². The largest absolute Gasteiger partial charge is 0.213 e. The Morgan fingerprint density at radius 1 is 0.204 bits per heavy atom. The number of fused-ring (bicyclic) bond motifs is 9. The van der Waals surface area contributed by atoms with E-state index in [0.717, 1.165) is 36.3 Å². The summed E-state index contributed by atoms with van der Waals surface area (Å²) in [7, 11) is 0. The summed E-state index contributed by atoms with van der Waals surface area (Å²) in [5.74, 6) is 0. The first-order valence-corrected chi connectivity index (χ1v) is 33.2. The average Bonchev–Trinajstić information content (AvgIpc) is 1.72. The molecule has 10 aromatic carbocycles. The predicted molar refractivity (Wildman–Crippen MR) is 386 cm³/mol. The Labute approximate surface area is 549 Å². The minimum absolute atomic E-state index is 0.0233. The molecule has 0 atom stereocenters. The van der Waals surface area contributed by atoms with E-state index in [-0.39, 0.29) is 16.2 Å². The third-order valence-corrected chi connectivity index (χ3v) is 20.1. The van der Waals surface area contributed by atoms with E-state index in [1.807, 2.05) is 0 Å². The lowest BCUT2D eigenvalue weighted by Gasteiger charge is -2.21. The van der Waals surface area contributed by atoms with Gasteiger partial charge in [0.25, 0.3) is 0 Å². The zero-order valence-corrected chi connectivity index (χ0v) is 54.9. The van der Waals surface area contributed by atoms with Crippen molar-refractivity contribution in [2.45, 2.75) is 98.2 Å². The Morgan fingerprint density at radius 3 is 0.710 bits per heavy atom. The van der Waals surface area contributed by atoms with E-state index in [2.05, 4.69) is 349 Å². The second-order valence-corrected chi connectivity index (χ2v) is 29.2. The monoisotopic (exact) mass is 1200 g/mol. The second kappa shape index (κ2) is 22.2. The Kier molecular flexibility index (Phi) is 13.8. The van der Waals surface area contributed by atoms with Gasteiger partial charge >= 0.3 is 0 Å². The molecule has 0 unspecified atom stereocenters. The van der Waals surface area contributed by atoms with Crippen LogP contribution in [0, 0.1) is 0 Å². The normalized spacial score (nSPS) is 12.9. The number of benzene rings is 10. The maximum atomic E-state index is 2.51. The van der Waals surface area contributed by atoms with Crippen LogP contribution in [0.2, 0.25) is 0 Å². The molecule has 3 aliphatic heterocycles. The SMILES string of the molecule is CC(C)(C)c1cc[n+]2c(c1)-c1cc(-c3ccccc3)c(-c3ccccc3-c3cc(-c4ccccc4-c4cc5c(cc4-c4ccccc4)-c4cc(C(C)(C)C)cc[n+]4C5)cc(-c4ccccc4-c4cc5c(cc4-c4ccccc4)-c4cc(C(C)(C)C)cc[n+]4C5)c3)cc1C2. The molecule has 3 aliphatic rings. The van der Waals surface area contributed by atoms with Gasteiger partial charge in [0.2, 0.25) is 17.1 Å². The van der Waals surface area contributed by atoms with Gasteiger partial charge in [0, 0.05) is 53.1 Å². The molecule has 0 N–H and O–H groups in total.